The molecule has 14 heavy (non-hydrogen) atoms. The monoisotopic (exact) mass is 187 g/mol. The number of halogens is 1. The molecule has 2 rings (SSSR count). The van der Waals surface area contributed by atoms with Gasteiger partial charge in [0, 0.05) is 5.69 Å². The lowest BCUT2D eigenvalue weighted by Crippen LogP contribution is -1.85. The summed E-state index contributed by atoms with van der Waals surface area (Å²) < 4.78 is 12.7. The molecule has 0 aliphatic carbocycles. The average Bonchev–Trinajstić information content (AvgIpc) is 2.19. The van der Waals surface area contributed by atoms with E-state index in [1.165, 1.54) is 12.1 Å². The van der Waals surface area contributed by atoms with E-state index < -0.39 is 0 Å². The van der Waals surface area contributed by atoms with Crippen molar-refractivity contribution in [3.05, 3.63) is 54.3 Å². The number of benzene rings is 2. The highest BCUT2D eigenvalue weighted by Crippen LogP contribution is 2.21. The first-order chi connectivity index (χ1) is 6.75. The van der Waals surface area contributed by atoms with Crippen LogP contribution in [0.25, 0.3) is 11.1 Å². The Kier molecular flexibility index (Phi) is 2.19. The van der Waals surface area contributed by atoms with Crippen molar-refractivity contribution in [1.29, 1.82) is 0 Å². The van der Waals surface area contributed by atoms with Crippen LogP contribution in [-0.4, -0.2) is 0 Å². The van der Waals surface area contributed by atoms with Gasteiger partial charge in [-0.1, -0.05) is 24.3 Å². The van der Waals surface area contributed by atoms with Crippen molar-refractivity contribution in [3.63, 3.8) is 0 Å². The Morgan fingerprint density at radius 3 is 2.21 bits per heavy atom. The minimum atomic E-state index is -0.224. The van der Waals surface area contributed by atoms with E-state index in [1.807, 2.05) is 24.3 Å². The third-order valence-corrected chi connectivity index (χ3v) is 2.06. The van der Waals surface area contributed by atoms with Crippen molar-refractivity contribution in [2.45, 2.75) is 0 Å². The smallest absolute Gasteiger partial charge is 0.123 e. The van der Waals surface area contributed by atoms with Crippen LogP contribution in [0.5, 0.6) is 0 Å². The van der Waals surface area contributed by atoms with Gasteiger partial charge in [0.25, 0.3) is 0 Å². The summed E-state index contributed by atoms with van der Waals surface area (Å²) in [6.45, 7) is 0. The highest BCUT2D eigenvalue weighted by atomic mass is 19.1. The third kappa shape index (κ3) is 1.74. The van der Waals surface area contributed by atoms with E-state index in [-0.39, 0.29) is 5.82 Å². The van der Waals surface area contributed by atoms with Crippen molar-refractivity contribution >= 4 is 5.69 Å². The van der Waals surface area contributed by atoms with E-state index in [2.05, 4.69) is 0 Å². The summed E-state index contributed by atoms with van der Waals surface area (Å²) in [6.07, 6.45) is 0. The average molecular weight is 187 g/mol. The number of nitrogen functional groups attached to an aromatic ring is 1. The maximum absolute atomic E-state index is 12.7. The molecule has 1 nitrogen and oxygen atoms in total. The van der Waals surface area contributed by atoms with Crippen LogP contribution < -0.4 is 5.73 Å². The second-order valence-corrected chi connectivity index (χ2v) is 3.13. The van der Waals surface area contributed by atoms with Gasteiger partial charge < -0.3 is 5.73 Å². The largest absolute Gasteiger partial charge is 0.399 e. The van der Waals surface area contributed by atoms with E-state index in [0.717, 1.165) is 11.1 Å². The van der Waals surface area contributed by atoms with Gasteiger partial charge in [0.05, 0.1) is 0 Å². The van der Waals surface area contributed by atoms with Gasteiger partial charge in [0.15, 0.2) is 0 Å². The van der Waals surface area contributed by atoms with E-state index >= 15 is 0 Å². The first kappa shape index (κ1) is 8.75. The molecule has 0 aliphatic rings. The first-order valence-corrected chi connectivity index (χ1v) is 4.37. The molecule has 2 aromatic rings. The van der Waals surface area contributed by atoms with Crippen LogP contribution in [0.3, 0.4) is 0 Å². The quantitative estimate of drug-likeness (QED) is 0.682. The fraction of sp³-hybridized carbons (Fsp3) is 0. The molecule has 0 aromatic heterocycles. The summed E-state index contributed by atoms with van der Waals surface area (Å²) in [5.74, 6) is -0.224. The van der Waals surface area contributed by atoms with Gasteiger partial charge in [-0.2, -0.15) is 0 Å². The first-order valence-electron chi connectivity index (χ1n) is 4.37. The number of hydrogen-bond donors (Lipinski definition) is 1. The molecule has 0 radical (unpaired) electrons. The van der Waals surface area contributed by atoms with Crippen molar-refractivity contribution in [2.24, 2.45) is 0 Å². The number of anilines is 1. The molecule has 0 bridgehead atoms. The van der Waals surface area contributed by atoms with Crippen molar-refractivity contribution < 1.29 is 4.39 Å². The minimum absolute atomic E-state index is 0.224. The van der Waals surface area contributed by atoms with Crippen LogP contribution in [-0.2, 0) is 0 Å². The summed E-state index contributed by atoms with van der Waals surface area (Å²) in [4.78, 5) is 0. The van der Waals surface area contributed by atoms with E-state index in [9.17, 15) is 4.39 Å². The molecule has 70 valence electrons. The summed E-state index contributed by atoms with van der Waals surface area (Å²) in [7, 11) is 0. The molecular formula is C12H10FN. The standard InChI is InChI=1S/C12H10FN/c13-11-6-4-9(5-7-11)10-2-1-3-12(14)8-10/h1-8H,14H2. The number of rotatable bonds is 1. The van der Waals surface area contributed by atoms with E-state index in [0.29, 0.717) is 5.69 Å². The zero-order valence-corrected chi connectivity index (χ0v) is 7.57. The Labute approximate surface area is 82.0 Å². The zero-order chi connectivity index (χ0) is 9.97. The molecule has 0 saturated carbocycles. The van der Waals surface area contributed by atoms with Crippen molar-refractivity contribution in [1.82, 2.24) is 0 Å². The van der Waals surface area contributed by atoms with Gasteiger partial charge in [-0.05, 0) is 35.4 Å². The second-order valence-electron chi connectivity index (χ2n) is 3.13. The molecule has 2 aromatic carbocycles. The molecule has 0 unspecified atom stereocenters. The predicted octanol–water partition coefficient (Wildman–Crippen LogP) is 3.07. The molecule has 2 N–H and O–H groups in total. The lowest BCUT2D eigenvalue weighted by molar-refractivity contribution is 0.628. The lowest BCUT2D eigenvalue weighted by atomic mass is 10.1. The predicted molar refractivity (Wildman–Crippen MR) is 56.2 cm³/mol. The maximum atomic E-state index is 12.7. The Morgan fingerprint density at radius 2 is 1.57 bits per heavy atom. The van der Waals surface area contributed by atoms with Crippen LogP contribution in [0.2, 0.25) is 0 Å². The Hall–Kier alpha value is -1.83. The minimum Gasteiger partial charge on any atom is -0.399 e. The van der Waals surface area contributed by atoms with E-state index in [4.69, 9.17) is 5.73 Å². The van der Waals surface area contributed by atoms with Gasteiger partial charge in [-0.15, -0.1) is 0 Å². The van der Waals surface area contributed by atoms with Gasteiger partial charge >= 0.3 is 0 Å². The van der Waals surface area contributed by atoms with Crippen LogP contribution in [0.1, 0.15) is 0 Å². The Balaban J connectivity index is 2.44. The molecule has 0 amide bonds. The second kappa shape index (κ2) is 3.50. The molecule has 0 heterocycles. The van der Waals surface area contributed by atoms with Gasteiger partial charge in [-0.25, -0.2) is 4.39 Å². The molecule has 0 fully saturated rings. The molecule has 0 atom stereocenters. The Morgan fingerprint density at radius 1 is 0.857 bits per heavy atom. The SMILES string of the molecule is Nc1cccc(-c2ccc(F)cc2)c1. The van der Waals surface area contributed by atoms with Crippen molar-refractivity contribution in [3.8, 4) is 11.1 Å². The normalized spacial score (nSPS) is 10.1. The fourth-order valence-corrected chi connectivity index (χ4v) is 1.36. The van der Waals surface area contributed by atoms with Gasteiger partial charge in [0.1, 0.15) is 5.82 Å². The van der Waals surface area contributed by atoms with Crippen LogP contribution in [0.4, 0.5) is 10.1 Å². The van der Waals surface area contributed by atoms with Crippen LogP contribution >= 0.6 is 0 Å². The summed E-state index contributed by atoms with van der Waals surface area (Å²) in [5.41, 5.74) is 8.34. The van der Waals surface area contributed by atoms with Gasteiger partial charge in [-0.3, -0.25) is 0 Å². The van der Waals surface area contributed by atoms with Gasteiger partial charge in [0.2, 0.25) is 0 Å². The summed E-state index contributed by atoms with van der Waals surface area (Å²) >= 11 is 0. The van der Waals surface area contributed by atoms with Crippen molar-refractivity contribution in [2.75, 3.05) is 5.73 Å². The molecule has 0 aliphatic heterocycles. The number of nitrogens with two attached hydrogens (primary N) is 1. The highest BCUT2D eigenvalue weighted by molar-refractivity contribution is 5.67. The molecule has 0 spiro atoms. The highest BCUT2D eigenvalue weighted by Gasteiger charge is 1.97. The summed E-state index contributed by atoms with van der Waals surface area (Å²) in [5, 5.41) is 0. The molecule has 0 saturated heterocycles. The lowest BCUT2D eigenvalue weighted by Gasteiger charge is -2.02. The van der Waals surface area contributed by atoms with Crippen LogP contribution in [0.15, 0.2) is 48.5 Å². The number of hydrogen-bond acceptors (Lipinski definition) is 1. The molecular weight excluding hydrogens is 177 g/mol. The van der Waals surface area contributed by atoms with E-state index in [1.54, 1.807) is 12.1 Å². The third-order valence-electron chi connectivity index (χ3n) is 2.06. The van der Waals surface area contributed by atoms with Crippen LogP contribution in [0, 0.1) is 5.82 Å². The maximum Gasteiger partial charge on any atom is 0.123 e. The summed E-state index contributed by atoms with van der Waals surface area (Å²) in [6, 6.07) is 13.9. The fourth-order valence-electron chi connectivity index (χ4n) is 1.36. The Bertz CT molecular complexity index is 434. The zero-order valence-electron chi connectivity index (χ0n) is 7.57. The molecule has 2 heteroatoms. The topological polar surface area (TPSA) is 26.0 Å².